The molecule has 0 aliphatic heterocycles. The maximum atomic E-state index is 2.54. The Hall–Kier alpha value is -4.62. The van der Waals surface area contributed by atoms with Gasteiger partial charge in [-0.15, -0.1) is 0 Å². The van der Waals surface area contributed by atoms with Gasteiger partial charge in [0.2, 0.25) is 0 Å². The third kappa shape index (κ3) is 4.81. The lowest BCUT2D eigenvalue weighted by Crippen LogP contribution is -2.18. The number of rotatable bonds is 9. The molecule has 1 nitrogen and oxygen atoms in total. The zero-order valence-electron chi connectivity index (χ0n) is 29.2. The van der Waals surface area contributed by atoms with Crippen LogP contribution in [0.1, 0.15) is 94.5 Å². The number of hydrogen-bond acceptors (Lipinski definition) is 1. The Labute approximate surface area is 287 Å². The largest absolute Gasteiger partial charge is 0.310 e. The molecule has 0 amide bonds. The fourth-order valence-electron chi connectivity index (χ4n) is 8.69. The average molecular weight is 626 g/mol. The first kappa shape index (κ1) is 30.7. The van der Waals surface area contributed by atoms with Gasteiger partial charge in [0.15, 0.2) is 0 Å². The highest BCUT2D eigenvalue weighted by molar-refractivity contribution is 6.10. The summed E-state index contributed by atoms with van der Waals surface area (Å²) in [5.41, 5.74) is 16.2. The second kappa shape index (κ2) is 11.8. The van der Waals surface area contributed by atoms with Crippen LogP contribution >= 0.6 is 0 Å². The van der Waals surface area contributed by atoms with E-state index in [0.29, 0.717) is 0 Å². The summed E-state index contributed by atoms with van der Waals surface area (Å²) in [6.07, 6.45) is 7.71. The third-order valence-corrected chi connectivity index (χ3v) is 11.4. The van der Waals surface area contributed by atoms with E-state index in [1.807, 2.05) is 0 Å². The van der Waals surface area contributed by atoms with Crippen molar-refractivity contribution in [3.05, 3.63) is 149 Å². The Bertz CT molecular complexity index is 2130. The number of fused-ring (bicyclic) bond motifs is 8. The Morgan fingerprint density at radius 3 is 1.85 bits per heavy atom. The third-order valence-electron chi connectivity index (χ3n) is 11.4. The standard InChI is InChI=1S/C47H47N/c1-6-7-8-9-11-18-32-25-27-34(28-26-32)48(33-19-12-10-13-20-33)44-31-43-45(37-23-15-14-22-36(37)44)39-30-41-38(29-42(39)47(43,4)5)35-21-16-17-24-40(35)46(41,2)3/h10,12-17,19-31H,6-9,11,18H2,1-5H3. The van der Waals surface area contributed by atoms with Crippen molar-refractivity contribution in [2.45, 2.75) is 84.0 Å². The van der Waals surface area contributed by atoms with Crippen LogP contribution in [0, 0.1) is 0 Å². The van der Waals surface area contributed by atoms with Gasteiger partial charge in [-0.1, -0.05) is 139 Å². The number of nitrogens with zero attached hydrogens (tertiary/aromatic N) is 1. The van der Waals surface area contributed by atoms with E-state index < -0.39 is 0 Å². The van der Waals surface area contributed by atoms with Crippen LogP contribution in [-0.2, 0) is 17.3 Å². The summed E-state index contributed by atoms with van der Waals surface area (Å²) in [5.74, 6) is 0. The average Bonchev–Trinajstić information content (AvgIpc) is 3.47. The van der Waals surface area contributed by atoms with Gasteiger partial charge in [-0.05, 0) is 111 Å². The van der Waals surface area contributed by atoms with Gasteiger partial charge in [-0.25, -0.2) is 0 Å². The van der Waals surface area contributed by atoms with E-state index in [0.717, 1.165) is 6.42 Å². The van der Waals surface area contributed by atoms with E-state index in [1.165, 1.54) is 110 Å². The van der Waals surface area contributed by atoms with Crippen molar-refractivity contribution in [1.29, 1.82) is 0 Å². The molecular weight excluding hydrogens is 579 g/mol. The van der Waals surface area contributed by atoms with Crippen molar-refractivity contribution < 1.29 is 0 Å². The predicted octanol–water partition coefficient (Wildman–Crippen LogP) is 13.4. The molecule has 0 unspecified atom stereocenters. The molecule has 2 aliphatic rings. The molecule has 1 heteroatoms. The first-order valence-electron chi connectivity index (χ1n) is 18.1. The summed E-state index contributed by atoms with van der Waals surface area (Å²) < 4.78 is 0. The van der Waals surface area contributed by atoms with Crippen molar-refractivity contribution >= 4 is 27.8 Å². The van der Waals surface area contributed by atoms with Gasteiger partial charge in [0.25, 0.3) is 0 Å². The van der Waals surface area contributed by atoms with Crippen LogP contribution in [0.4, 0.5) is 17.1 Å². The minimum atomic E-state index is -0.149. The predicted molar refractivity (Wildman–Crippen MR) is 206 cm³/mol. The lowest BCUT2D eigenvalue weighted by Gasteiger charge is -2.30. The Balaban J connectivity index is 1.28. The molecule has 0 fully saturated rings. The fourth-order valence-corrected chi connectivity index (χ4v) is 8.69. The molecule has 240 valence electrons. The molecule has 0 aromatic heterocycles. The molecule has 0 radical (unpaired) electrons. The molecule has 6 aromatic rings. The smallest absolute Gasteiger partial charge is 0.0543 e. The van der Waals surface area contributed by atoms with E-state index in [1.54, 1.807) is 0 Å². The zero-order chi connectivity index (χ0) is 33.0. The number of para-hydroxylation sites is 1. The number of unbranched alkanes of at least 4 members (excludes halogenated alkanes) is 4. The second-order valence-corrected chi connectivity index (χ2v) is 15.1. The minimum Gasteiger partial charge on any atom is -0.310 e. The fraction of sp³-hybridized carbons (Fsp3) is 0.277. The molecule has 0 spiro atoms. The number of aryl methyl sites for hydroxylation is 1. The normalized spacial score (nSPS) is 14.8. The van der Waals surface area contributed by atoms with Crippen molar-refractivity contribution in [3.8, 4) is 22.3 Å². The highest BCUT2D eigenvalue weighted by Gasteiger charge is 2.42. The molecule has 0 saturated heterocycles. The summed E-state index contributed by atoms with van der Waals surface area (Å²) in [7, 11) is 0. The van der Waals surface area contributed by atoms with Crippen LogP contribution in [0.3, 0.4) is 0 Å². The van der Waals surface area contributed by atoms with E-state index in [-0.39, 0.29) is 10.8 Å². The molecule has 6 aromatic carbocycles. The first-order valence-corrected chi connectivity index (χ1v) is 18.1. The highest BCUT2D eigenvalue weighted by Crippen LogP contribution is 2.58. The molecular formula is C47H47N. The van der Waals surface area contributed by atoms with E-state index in [2.05, 4.69) is 161 Å². The summed E-state index contributed by atoms with van der Waals surface area (Å²) in [6.45, 7) is 11.9. The molecule has 0 heterocycles. The molecule has 8 rings (SSSR count). The van der Waals surface area contributed by atoms with Gasteiger partial charge < -0.3 is 4.90 Å². The van der Waals surface area contributed by atoms with Gasteiger partial charge in [-0.3, -0.25) is 0 Å². The number of benzene rings is 6. The van der Waals surface area contributed by atoms with Crippen LogP contribution in [-0.4, -0.2) is 0 Å². The Morgan fingerprint density at radius 2 is 1.08 bits per heavy atom. The van der Waals surface area contributed by atoms with Crippen LogP contribution < -0.4 is 4.90 Å². The van der Waals surface area contributed by atoms with Gasteiger partial charge in [0, 0.05) is 27.6 Å². The number of anilines is 3. The van der Waals surface area contributed by atoms with Crippen LogP contribution in [0.15, 0.2) is 121 Å². The van der Waals surface area contributed by atoms with Crippen molar-refractivity contribution in [3.63, 3.8) is 0 Å². The van der Waals surface area contributed by atoms with Crippen molar-refractivity contribution in [2.24, 2.45) is 0 Å². The van der Waals surface area contributed by atoms with E-state index in [4.69, 9.17) is 0 Å². The van der Waals surface area contributed by atoms with Gasteiger partial charge in [0.1, 0.15) is 0 Å². The van der Waals surface area contributed by atoms with Crippen molar-refractivity contribution in [1.82, 2.24) is 0 Å². The topological polar surface area (TPSA) is 3.24 Å². The molecule has 0 N–H and O–H groups in total. The minimum absolute atomic E-state index is 0.0324. The summed E-state index contributed by atoms with van der Waals surface area (Å²) in [4.78, 5) is 2.48. The monoisotopic (exact) mass is 625 g/mol. The van der Waals surface area contributed by atoms with Crippen LogP contribution in [0.2, 0.25) is 0 Å². The Kier molecular flexibility index (Phi) is 7.55. The van der Waals surface area contributed by atoms with Gasteiger partial charge in [-0.2, -0.15) is 0 Å². The van der Waals surface area contributed by atoms with Crippen molar-refractivity contribution in [2.75, 3.05) is 4.90 Å². The summed E-state index contributed by atoms with van der Waals surface area (Å²) in [5, 5.41) is 2.61. The second-order valence-electron chi connectivity index (χ2n) is 15.1. The van der Waals surface area contributed by atoms with Crippen LogP contribution in [0.5, 0.6) is 0 Å². The maximum absolute atomic E-state index is 2.54. The summed E-state index contributed by atoms with van der Waals surface area (Å²) in [6, 6.07) is 46.0. The van der Waals surface area contributed by atoms with Gasteiger partial charge >= 0.3 is 0 Å². The van der Waals surface area contributed by atoms with Gasteiger partial charge in [0.05, 0.1) is 5.69 Å². The SMILES string of the molecule is CCCCCCCc1ccc(N(c2ccccc2)c2cc3c(c4ccccc24)-c2cc4c(cc2C3(C)C)-c2ccccc2C4(C)C)cc1. The molecule has 48 heavy (non-hydrogen) atoms. The quantitative estimate of drug-likeness (QED) is 0.145. The van der Waals surface area contributed by atoms with E-state index in [9.17, 15) is 0 Å². The maximum Gasteiger partial charge on any atom is 0.0543 e. The first-order chi connectivity index (χ1) is 23.3. The lowest BCUT2D eigenvalue weighted by molar-refractivity contribution is 0.632. The van der Waals surface area contributed by atoms with Crippen LogP contribution in [0.25, 0.3) is 33.0 Å². The highest BCUT2D eigenvalue weighted by atomic mass is 15.1. The number of hydrogen-bond donors (Lipinski definition) is 0. The Morgan fingerprint density at radius 1 is 0.479 bits per heavy atom. The zero-order valence-corrected chi connectivity index (χ0v) is 29.2. The molecule has 0 bridgehead atoms. The molecule has 0 saturated carbocycles. The lowest BCUT2D eigenvalue weighted by atomic mass is 9.79. The van der Waals surface area contributed by atoms with E-state index >= 15 is 0 Å². The molecule has 0 atom stereocenters. The molecule has 2 aliphatic carbocycles. The summed E-state index contributed by atoms with van der Waals surface area (Å²) >= 11 is 0.